The number of rotatable bonds is 3. The third-order valence-corrected chi connectivity index (χ3v) is 3.73. The summed E-state index contributed by atoms with van der Waals surface area (Å²) in [6.07, 6.45) is 4.20. The number of hydrogen-bond donors (Lipinski definition) is 1. The van der Waals surface area contributed by atoms with Crippen LogP contribution >= 0.6 is 0 Å². The quantitative estimate of drug-likeness (QED) is 0.911. The monoisotopic (exact) mass is 267 g/mol. The first-order chi connectivity index (χ1) is 9.29. The lowest BCUT2D eigenvalue weighted by Crippen LogP contribution is -2.35. The van der Waals surface area contributed by atoms with Crippen LogP contribution in [-0.4, -0.2) is 26.5 Å². The maximum Gasteiger partial charge on any atom is 0.231 e. The number of nitrogens with one attached hydrogen (secondary N) is 1. The zero-order valence-electron chi connectivity index (χ0n) is 11.0. The molecule has 3 rings (SSSR count). The summed E-state index contributed by atoms with van der Waals surface area (Å²) >= 11 is 0. The maximum atomic E-state index is 14.0. The summed E-state index contributed by atoms with van der Waals surface area (Å²) in [7, 11) is 1.48. The van der Waals surface area contributed by atoms with Gasteiger partial charge in [-0.05, 0) is 25.8 Å². The molecule has 0 radical (unpaired) electrons. The summed E-state index contributed by atoms with van der Waals surface area (Å²) in [5.74, 6) is 0.990. The van der Waals surface area contributed by atoms with Gasteiger partial charge in [0.15, 0.2) is 23.1 Å². The molecule has 0 saturated carbocycles. The standard InChI is InChI=1S/C14H18FNO3/c1-17-13-10(6-9-4-2-3-5-16-9)14-12(7-11(13)15)18-8-19-14/h7,9,16H,2-6,8H2,1H3. The summed E-state index contributed by atoms with van der Waals surface area (Å²) in [4.78, 5) is 0. The van der Waals surface area contributed by atoms with Crippen molar-refractivity contribution in [1.29, 1.82) is 0 Å². The molecular formula is C14H18FNO3. The van der Waals surface area contributed by atoms with Crippen LogP contribution in [0.15, 0.2) is 6.07 Å². The number of hydrogen-bond acceptors (Lipinski definition) is 4. The minimum atomic E-state index is -0.391. The highest BCUT2D eigenvalue weighted by atomic mass is 19.1. The molecule has 1 fully saturated rings. The first kappa shape index (κ1) is 12.5. The van der Waals surface area contributed by atoms with Crippen LogP contribution in [0.2, 0.25) is 0 Å². The molecule has 1 atom stereocenters. The van der Waals surface area contributed by atoms with Crippen molar-refractivity contribution >= 4 is 0 Å². The van der Waals surface area contributed by atoms with E-state index in [2.05, 4.69) is 5.32 Å². The highest BCUT2D eigenvalue weighted by molar-refractivity contribution is 5.56. The van der Waals surface area contributed by atoms with E-state index in [-0.39, 0.29) is 12.5 Å². The van der Waals surface area contributed by atoms with Crippen LogP contribution in [0.4, 0.5) is 4.39 Å². The molecule has 1 aromatic rings. The lowest BCUT2D eigenvalue weighted by molar-refractivity contribution is 0.172. The van der Waals surface area contributed by atoms with E-state index in [0.29, 0.717) is 24.0 Å². The molecule has 0 bridgehead atoms. The molecule has 0 aliphatic carbocycles. The van der Waals surface area contributed by atoms with Crippen molar-refractivity contribution in [1.82, 2.24) is 5.32 Å². The third-order valence-electron chi connectivity index (χ3n) is 3.73. The summed E-state index contributed by atoms with van der Waals surface area (Å²) < 4.78 is 29.9. The average molecular weight is 267 g/mol. The van der Waals surface area contributed by atoms with Gasteiger partial charge in [0, 0.05) is 17.7 Å². The Morgan fingerprint density at radius 1 is 1.42 bits per heavy atom. The molecule has 1 unspecified atom stereocenters. The summed E-state index contributed by atoms with van der Waals surface area (Å²) in [6, 6.07) is 1.68. The maximum absolute atomic E-state index is 14.0. The van der Waals surface area contributed by atoms with Crippen molar-refractivity contribution in [3.63, 3.8) is 0 Å². The van der Waals surface area contributed by atoms with Crippen molar-refractivity contribution in [2.75, 3.05) is 20.4 Å². The fourth-order valence-corrected chi connectivity index (χ4v) is 2.81. The fraction of sp³-hybridized carbons (Fsp3) is 0.571. The van der Waals surface area contributed by atoms with Crippen LogP contribution in [0.5, 0.6) is 17.2 Å². The van der Waals surface area contributed by atoms with Gasteiger partial charge < -0.3 is 19.5 Å². The molecule has 2 heterocycles. The second kappa shape index (κ2) is 5.25. The van der Waals surface area contributed by atoms with Gasteiger partial charge in [-0.25, -0.2) is 4.39 Å². The molecule has 5 heteroatoms. The normalized spacial score (nSPS) is 21.5. The van der Waals surface area contributed by atoms with E-state index >= 15 is 0 Å². The van der Waals surface area contributed by atoms with Gasteiger partial charge in [-0.1, -0.05) is 6.42 Å². The SMILES string of the molecule is COc1c(F)cc2c(c1CC1CCCCN1)OCO2. The largest absolute Gasteiger partial charge is 0.493 e. The van der Waals surface area contributed by atoms with Crippen molar-refractivity contribution < 1.29 is 18.6 Å². The predicted molar refractivity (Wildman–Crippen MR) is 68.4 cm³/mol. The lowest BCUT2D eigenvalue weighted by Gasteiger charge is -2.24. The molecule has 2 aliphatic rings. The Hall–Kier alpha value is -1.49. The molecule has 1 N–H and O–H groups in total. The van der Waals surface area contributed by atoms with E-state index in [1.165, 1.54) is 26.0 Å². The second-order valence-corrected chi connectivity index (χ2v) is 4.95. The number of halogens is 1. The van der Waals surface area contributed by atoms with Crippen LogP contribution in [0.3, 0.4) is 0 Å². The highest BCUT2D eigenvalue weighted by Crippen LogP contribution is 2.43. The van der Waals surface area contributed by atoms with Crippen LogP contribution in [0.1, 0.15) is 24.8 Å². The molecule has 0 spiro atoms. The Bertz CT molecular complexity index is 468. The number of methoxy groups -OCH3 is 1. The van der Waals surface area contributed by atoms with Crippen molar-refractivity contribution in [2.24, 2.45) is 0 Å². The van der Waals surface area contributed by atoms with Crippen molar-refractivity contribution in [2.45, 2.75) is 31.7 Å². The van der Waals surface area contributed by atoms with Crippen LogP contribution in [0.25, 0.3) is 0 Å². The Labute approximate surface area is 111 Å². The highest BCUT2D eigenvalue weighted by Gasteiger charge is 2.27. The number of ether oxygens (including phenoxy) is 3. The Morgan fingerprint density at radius 3 is 3.05 bits per heavy atom. The minimum Gasteiger partial charge on any atom is -0.493 e. The minimum absolute atomic E-state index is 0.146. The first-order valence-electron chi connectivity index (χ1n) is 6.68. The number of fused-ring (bicyclic) bond motifs is 1. The van der Waals surface area contributed by atoms with Crippen molar-refractivity contribution in [3.05, 3.63) is 17.4 Å². The molecule has 2 aliphatic heterocycles. The third kappa shape index (κ3) is 2.34. The number of piperidine rings is 1. The van der Waals surface area contributed by atoms with E-state index in [1.807, 2.05) is 0 Å². The predicted octanol–water partition coefficient (Wildman–Crippen LogP) is 2.25. The lowest BCUT2D eigenvalue weighted by atomic mass is 9.96. The van der Waals surface area contributed by atoms with Gasteiger partial charge in [-0.2, -0.15) is 0 Å². The molecule has 104 valence electrons. The first-order valence-corrected chi connectivity index (χ1v) is 6.68. The van der Waals surface area contributed by atoms with E-state index in [0.717, 1.165) is 18.5 Å². The van der Waals surface area contributed by atoms with Crippen LogP contribution in [-0.2, 0) is 6.42 Å². The summed E-state index contributed by atoms with van der Waals surface area (Å²) in [5, 5.41) is 3.46. The van der Waals surface area contributed by atoms with Gasteiger partial charge in [0.2, 0.25) is 6.79 Å². The molecule has 0 aromatic heterocycles. The summed E-state index contributed by atoms with van der Waals surface area (Å²) in [5.41, 5.74) is 0.773. The Balaban J connectivity index is 1.93. The van der Waals surface area contributed by atoms with Crippen molar-refractivity contribution in [3.8, 4) is 17.2 Å². The topological polar surface area (TPSA) is 39.7 Å². The number of benzene rings is 1. The van der Waals surface area contributed by atoms with Gasteiger partial charge >= 0.3 is 0 Å². The van der Waals surface area contributed by atoms with E-state index < -0.39 is 5.82 Å². The van der Waals surface area contributed by atoms with Gasteiger partial charge in [-0.3, -0.25) is 0 Å². The van der Waals surface area contributed by atoms with E-state index in [4.69, 9.17) is 14.2 Å². The Morgan fingerprint density at radius 2 is 2.32 bits per heavy atom. The van der Waals surface area contributed by atoms with Gasteiger partial charge in [0.25, 0.3) is 0 Å². The Kier molecular flexibility index (Phi) is 3.46. The van der Waals surface area contributed by atoms with Gasteiger partial charge in [0.1, 0.15) is 0 Å². The van der Waals surface area contributed by atoms with Crippen LogP contribution < -0.4 is 19.5 Å². The van der Waals surface area contributed by atoms with Gasteiger partial charge in [0.05, 0.1) is 7.11 Å². The van der Waals surface area contributed by atoms with Gasteiger partial charge in [-0.15, -0.1) is 0 Å². The second-order valence-electron chi connectivity index (χ2n) is 4.95. The van der Waals surface area contributed by atoms with E-state index in [1.54, 1.807) is 0 Å². The molecule has 4 nitrogen and oxygen atoms in total. The zero-order chi connectivity index (χ0) is 13.2. The van der Waals surface area contributed by atoms with E-state index in [9.17, 15) is 4.39 Å². The smallest absolute Gasteiger partial charge is 0.231 e. The average Bonchev–Trinajstić information content (AvgIpc) is 2.88. The zero-order valence-corrected chi connectivity index (χ0v) is 11.0. The van der Waals surface area contributed by atoms with Crippen LogP contribution in [0, 0.1) is 5.82 Å². The molecule has 1 saturated heterocycles. The molecule has 1 aromatic carbocycles. The summed E-state index contributed by atoms with van der Waals surface area (Å²) in [6.45, 7) is 1.16. The molecule has 19 heavy (non-hydrogen) atoms. The fourth-order valence-electron chi connectivity index (χ4n) is 2.81. The molecule has 0 amide bonds. The molecular weight excluding hydrogens is 249 g/mol.